The Morgan fingerprint density at radius 2 is 1.32 bits per heavy atom. The fourth-order valence-electron chi connectivity index (χ4n) is 5.43. The van der Waals surface area contributed by atoms with Crippen molar-refractivity contribution >= 4 is 23.1 Å². The largest absolute Gasteiger partial charge is 0.348 e. The van der Waals surface area contributed by atoms with Gasteiger partial charge in [0.05, 0.1) is 5.70 Å². The van der Waals surface area contributed by atoms with E-state index in [0.29, 0.717) is 0 Å². The van der Waals surface area contributed by atoms with E-state index in [-0.39, 0.29) is 0 Å². The number of para-hydroxylation sites is 2. The van der Waals surface area contributed by atoms with Crippen LogP contribution in [0.3, 0.4) is 0 Å². The van der Waals surface area contributed by atoms with Crippen molar-refractivity contribution in [2.24, 2.45) is 0 Å². The lowest BCUT2D eigenvalue weighted by molar-refractivity contribution is 1.03. The highest BCUT2D eigenvalue weighted by atomic mass is 15.2. The first-order chi connectivity index (χ1) is 26.0. The van der Waals surface area contributed by atoms with Gasteiger partial charge in [-0.15, -0.1) is 6.58 Å². The van der Waals surface area contributed by atoms with Crippen LogP contribution in [0.5, 0.6) is 0 Å². The Morgan fingerprint density at radius 1 is 0.679 bits per heavy atom. The minimum atomic E-state index is 0.862. The van der Waals surface area contributed by atoms with E-state index in [1.54, 1.807) is 18.2 Å². The van der Waals surface area contributed by atoms with Gasteiger partial charge < -0.3 is 9.80 Å². The minimum absolute atomic E-state index is 0.862. The molecule has 272 valence electrons. The lowest BCUT2D eigenvalue weighted by atomic mass is 9.95. The van der Waals surface area contributed by atoms with E-state index in [9.17, 15) is 0 Å². The number of hydrogen-bond acceptors (Lipinski definition) is 2. The van der Waals surface area contributed by atoms with Crippen LogP contribution in [0.15, 0.2) is 225 Å². The fraction of sp³-hybridized carbons (Fsp3) is 0.137. The average Bonchev–Trinajstić information content (AvgIpc) is 3.59. The van der Waals surface area contributed by atoms with Crippen LogP contribution in [0.4, 0.5) is 11.4 Å². The number of rotatable bonds is 11. The molecule has 0 aliphatic heterocycles. The van der Waals surface area contributed by atoms with Crippen molar-refractivity contribution in [2.75, 3.05) is 16.8 Å². The van der Waals surface area contributed by atoms with E-state index in [1.165, 1.54) is 33.6 Å². The maximum atomic E-state index is 4.15. The van der Waals surface area contributed by atoms with Crippen LogP contribution in [0.2, 0.25) is 0 Å². The zero-order valence-corrected chi connectivity index (χ0v) is 32.5. The van der Waals surface area contributed by atoms with Gasteiger partial charge in [0.25, 0.3) is 0 Å². The van der Waals surface area contributed by atoms with Crippen LogP contribution < -0.4 is 9.80 Å². The highest BCUT2D eigenvalue weighted by molar-refractivity contribution is 5.87. The monoisotopic (exact) mass is 698 g/mol. The second-order valence-electron chi connectivity index (χ2n) is 11.5. The summed E-state index contributed by atoms with van der Waals surface area (Å²) in [6.07, 6.45) is 39.0. The number of hydrogen-bond donors (Lipinski definition) is 0. The zero-order chi connectivity index (χ0) is 38.7. The van der Waals surface area contributed by atoms with Gasteiger partial charge in [-0.1, -0.05) is 173 Å². The summed E-state index contributed by atoms with van der Waals surface area (Å²) in [4.78, 5) is 4.54. The maximum absolute atomic E-state index is 4.15. The van der Waals surface area contributed by atoms with Crippen LogP contribution in [0, 0.1) is 0 Å². The lowest BCUT2D eigenvalue weighted by Crippen LogP contribution is -2.20. The Bertz CT molecular complexity index is 1860. The summed E-state index contributed by atoms with van der Waals surface area (Å²) in [6, 6.07) is 27.6. The second kappa shape index (κ2) is 25.8. The third kappa shape index (κ3) is 13.8. The quantitative estimate of drug-likeness (QED) is 0.145. The lowest BCUT2D eigenvalue weighted by Gasteiger charge is -2.30. The topological polar surface area (TPSA) is 6.48 Å². The third-order valence-electron chi connectivity index (χ3n) is 7.90. The molecule has 3 aromatic rings. The zero-order valence-electron chi connectivity index (χ0n) is 32.5. The highest BCUT2D eigenvalue weighted by Gasteiger charge is 2.20. The molecule has 0 saturated carbocycles. The third-order valence-corrected chi connectivity index (χ3v) is 7.90. The minimum Gasteiger partial charge on any atom is -0.348 e. The first-order valence-corrected chi connectivity index (χ1v) is 18.3. The van der Waals surface area contributed by atoms with Gasteiger partial charge in [0, 0.05) is 41.8 Å². The smallest absolute Gasteiger partial charge is 0.0536 e. The van der Waals surface area contributed by atoms with Gasteiger partial charge in [-0.3, -0.25) is 0 Å². The molecule has 53 heavy (non-hydrogen) atoms. The van der Waals surface area contributed by atoms with Crippen LogP contribution in [0.1, 0.15) is 50.8 Å². The van der Waals surface area contributed by atoms with Gasteiger partial charge in [0.1, 0.15) is 0 Å². The molecule has 3 aromatic carbocycles. The molecule has 0 amide bonds. The molecule has 0 N–H and O–H groups in total. The molecule has 5 rings (SSSR count). The van der Waals surface area contributed by atoms with E-state index < -0.39 is 0 Å². The second-order valence-corrected chi connectivity index (χ2v) is 11.5. The first-order valence-electron chi connectivity index (χ1n) is 18.3. The normalized spacial score (nSPS) is 13.2. The van der Waals surface area contributed by atoms with Gasteiger partial charge in [0.15, 0.2) is 0 Å². The molecule has 0 saturated heterocycles. The summed E-state index contributed by atoms with van der Waals surface area (Å²) in [5.41, 5.74) is 10.6. The summed E-state index contributed by atoms with van der Waals surface area (Å²) in [5.74, 6) is 0. The van der Waals surface area contributed by atoms with E-state index in [2.05, 4.69) is 201 Å². The molecular weight excluding hydrogens is 641 g/mol. The van der Waals surface area contributed by atoms with E-state index in [1.807, 2.05) is 39.8 Å². The van der Waals surface area contributed by atoms with Crippen molar-refractivity contribution in [3.05, 3.63) is 242 Å². The summed E-state index contributed by atoms with van der Waals surface area (Å²) in [7, 11) is 2.13. The Morgan fingerprint density at radius 3 is 1.94 bits per heavy atom. The van der Waals surface area contributed by atoms with Gasteiger partial charge in [-0.05, 0) is 85.5 Å². The predicted molar refractivity (Wildman–Crippen MR) is 240 cm³/mol. The molecule has 0 spiro atoms. The van der Waals surface area contributed by atoms with E-state index in [4.69, 9.17) is 0 Å². The molecular formula is C51H58N2. The van der Waals surface area contributed by atoms with Crippen molar-refractivity contribution in [3.8, 4) is 0 Å². The molecule has 2 heteroatoms. The summed E-state index contributed by atoms with van der Waals surface area (Å²) >= 11 is 0. The molecule has 0 fully saturated rings. The van der Waals surface area contributed by atoms with Crippen LogP contribution in [0.25, 0.3) is 11.8 Å². The summed E-state index contributed by atoms with van der Waals surface area (Å²) < 4.78 is 0. The van der Waals surface area contributed by atoms with E-state index in [0.717, 1.165) is 29.9 Å². The van der Waals surface area contributed by atoms with Gasteiger partial charge in [0.2, 0.25) is 0 Å². The number of anilines is 2. The molecule has 0 bridgehead atoms. The van der Waals surface area contributed by atoms with Gasteiger partial charge >= 0.3 is 0 Å². The van der Waals surface area contributed by atoms with Crippen molar-refractivity contribution in [1.82, 2.24) is 0 Å². The standard InChI is InChI=1S/C42H40N2.C4H6.C3H6.C2H6/c1-4-6-23-36(5-2)44(39-26-11-8-12-27-39)42-31-16-15-29-40-35(22-18-30-41(40)42)21-14-13-19-34-20-17-28-38(33-32-34)43(3)37-24-9-7-10-25-37;1-3-4-2;1-3-2;1-2/h4-27,30-33H,2,28-29H2,1,3H3;3-4H,1-2H2;3H,1H2,2H3;1-2H3/b6-4-,19-13?,21-14?,36-23+;;;. The Hall–Kier alpha value is -6.12. The highest BCUT2D eigenvalue weighted by Crippen LogP contribution is 2.35. The number of fused-ring (bicyclic) bond motifs is 1. The molecule has 0 radical (unpaired) electrons. The Labute approximate surface area is 321 Å². The van der Waals surface area contributed by atoms with E-state index >= 15 is 0 Å². The van der Waals surface area contributed by atoms with Gasteiger partial charge in [-0.25, -0.2) is 0 Å². The molecule has 0 atom stereocenters. The molecule has 2 aliphatic carbocycles. The Kier molecular flexibility index (Phi) is 20.9. The molecule has 0 unspecified atom stereocenters. The summed E-state index contributed by atoms with van der Waals surface area (Å²) in [5, 5.41) is 0. The summed E-state index contributed by atoms with van der Waals surface area (Å²) in [6.45, 7) is 22.2. The first kappa shape index (κ1) is 43.0. The van der Waals surface area contributed by atoms with Crippen molar-refractivity contribution in [2.45, 2.75) is 40.5 Å². The maximum Gasteiger partial charge on any atom is 0.0536 e. The van der Waals surface area contributed by atoms with Gasteiger partial charge in [-0.2, -0.15) is 0 Å². The Balaban J connectivity index is 0.000000982. The molecule has 0 heterocycles. The van der Waals surface area contributed by atoms with Crippen LogP contribution >= 0.6 is 0 Å². The predicted octanol–water partition coefficient (Wildman–Crippen LogP) is 14.3. The fourth-order valence-corrected chi connectivity index (χ4v) is 5.43. The SMILES string of the molecule is C=C/C(=C\C=C/C)N(C1=CC=CCc2c(C=CC=CC3=CC=C(N(C)c4ccccc4)CC=C3)cccc21)c1ccccc1.C=CC.C=CC=C.CC. The van der Waals surface area contributed by atoms with Crippen molar-refractivity contribution in [1.29, 1.82) is 0 Å². The molecule has 2 aliphatic rings. The number of nitrogens with zero attached hydrogens (tertiary/aromatic N) is 2. The molecule has 0 aromatic heterocycles. The van der Waals surface area contributed by atoms with Crippen LogP contribution in [-0.4, -0.2) is 7.05 Å². The number of allylic oxidation sites excluding steroid dienone is 18. The van der Waals surface area contributed by atoms with Crippen molar-refractivity contribution in [3.63, 3.8) is 0 Å². The number of benzene rings is 3. The van der Waals surface area contributed by atoms with Crippen LogP contribution in [-0.2, 0) is 6.42 Å². The van der Waals surface area contributed by atoms with Crippen molar-refractivity contribution < 1.29 is 0 Å². The average molecular weight is 699 g/mol. The molecule has 2 nitrogen and oxygen atoms in total.